The number of hydrogen-bond donors (Lipinski definition) is 2. The van der Waals surface area contributed by atoms with Crippen molar-refractivity contribution in [2.45, 2.75) is 13.0 Å². The summed E-state index contributed by atoms with van der Waals surface area (Å²) < 4.78 is 24.6. The zero-order chi connectivity index (χ0) is 10.0. The van der Waals surface area contributed by atoms with Crippen molar-refractivity contribution >= 4 is 22.6 Å². The minimum Gasteiger partial charge on any atom is -0.391 e. The molecule has 1 aromatic rings. The summed E-state index contributed by atoms with van der Waals surface area (Å²) in [5.74, 6) is 0. The third-order valence-electron chi connectivity index (χ3n) is 1.50. The summed E-state index contributed by atoms with van der Waals surface area (Å²) in [4.78, 5) is 13.2. The van der Waals surface area contributed by atoms with E-state index in [9.17, 15) is 13.6 Å². The first-order valence-corrected chi connectivity index (χ1v) is 4.44. The van der Waals surface area contributed by atoms with Gasteiger partial charge in [0.25, 0.3) is 12.0 Å². The Hall–Kier alpha value is -0.500. The number of aliphatic hydroxyl groups is 1. The Morgan fingerprint density at radius 3 is 2.69 bits per heavy atom. The SMILES string of the molecule is O=c1[nH]c(I)c(C(F)F)cc1CO. The molecule has 0 spiro atoms. The molecule has 0 fully saturated rings. The smallest absolute Gasteiger partial charge is 0.266 e. The summed E-state index contributed by atoms with van der Waals surface area (Å²) in [5.41, 5.74) is -0.837. The topological polar surface area (TPSA) is 53.1 Å². The Morgan fingerprint density at radius 1 is 1.62 bits per heavy atom. The van der Waals surface area contributed by atoms with Gasteiger partial charge < -0.3 is 10.1 Å². The average Bonchev–Trinajstić information content (AvgIpc) is 2.03. The predicted octanol–water partition coefficient (Wildman–Crippen LogP) is 1.41. The fraction of sp³-hybridized carbons (Fsp3) is 0.286. The van der Waals surface area contributed by atoms with Gasteiger partial charge >= 0.3 is 0 Å². The monoisotopic (exact) mass is 301 g/mol. The number of alkyl halides is 2. The summed E-state index contributed by atoms with van der Waals surface area (Å²) >= 11 is 1.62. The molecule has 1 aromatic heterocycles. The van der Waals surface area contributed by atoms with E-state index in [0.717, 1.165) is 6.07 Å². The van der Waals surface area contributed by atoms with Gasteiger partial charge in [0.1, 0.15) is 0 Å². The first kappa shape index (κ1) is 10.6. The third-order valence-corrected chi connectivity index (χ3v) is 2.40. The Kier molecular flexibility index (Phi) is 3.37. The molecular formula is C7H6F2INO2. The van der Waals surface area contributed by atoms with Crippen molar-refractivity contribution in [2.75, 3.05) is 0 Å². The number of aromatic nitrogens is 1. The van der Waals surface area contributed by atoms with Crippen molar-refractivity contribution in [1.29, 1.82) is 0 Å². The summed E-state index contributed by atoms with van der Waals surface area (Å²) in [7, 11) is 0. The van der Waals surface area contributed by atoms with Gasteiger partial charge in [-0.25, -0.2) is 8.78 Å². The van der Waals surface area contributed by atoms with Crippen LogP contribution in [0, 0.1) is 3.70 Å². The molecule has 0 atom stereocenters. The molecule has 1 heterocycles. The highest BCUT2D eigenvalue weighted by atomic mass is 127. The van der Waals surface area contributed by atoms with Crippen LogP contribution in [0.4, 0.5) is 8.78 Å². The molecule has 0 unspecified atom stereocenters. The van der Waals surface area contributed by atoms with E-state index in [2.05, 4.69) is 4.98 Å². The quantitative estimate of drug-likeness (QED) is 0.641. The first-order chi connectivity index (χ1) is 6.06. The fourth-order valence-corrected chi connectivity index (χ4v) is 1.48. The number of aromatic amines is 1. The lowest BCUT2D eigenvalue weighted by molar-refractivity contribution is 0.149. The van der Waals surface area contributed by atoms with Crippen LogP contribution in [0.2, 0.25) is 0 Å². The molecule has 1 rings (SSSR count). The van der Waals surface area contributed by atoms with Gasteiger partial charge in [-0.15, -0.1) is 0 Å². The first-order valence-electron chi connectivity index (χ1n) is 3.37. The molecule has 0 amide bonds. The molecule has 72 valence electrons. The maximum Gasteiger partial charge on any atom is 0.266 e. The average molecular weight is 301 g/mol. The van der Waals surface area contributed by atoms with Gasteiger partial charge in [-0.1, -0.05) is 0 Å². The van der Waals surface area contributed by atoms with Crippen molar-refractivity contribution in [3.05, 3.63) is 31.2 Å². The van der Waals surface area contributed by atoms with Crippen LogP contribution in [0.5, 0.6) is 0 Å². The Morgan fingerprint density at radius 2 is 2.23 bits per heavy atom. The van der Waals surface area contributed by atoms with Crippen molar-refractivity contribution in [1.82, 2.24) is 4.98 Å². The largest absolute Gasteiger partial charge is 0.391 e. The van der Waals surface area contributed by atoms with Crippen LogP contribution in [-0.2, 0) is 6.61 Å². The molecule has 3 nitrogen and oxygen atoms in total. The van der Waals surface area contributed by atoms with Crippen LogP contribution >= 0.6 is 22.6 Å². The number of aliphatic hydroxyl groups excluding tert-OH is 1. The van der Waals surface area contributed by atoms with E-state index in [1.54, 1.807) is 22.6 Å². The molecular weight excluding hydrogens is 295 g/mol. The molecule has 0 aliphatic rings. The highest BCUT2D eigenvalue weighted by molar-refractivity contribution is 14.1. The van der Waals surface area contributed by atoms with Gasteiger partial charge in [-0.3, -0.25) is 4.79 Å². The summed E-state index contributed by atoms with van der Waals surface area (Å²) in [6, 6.07) is 1.02. The zero-order valence-electron chi connectivity index (χ0n) is 6.35. The molecule has 6 heteroatoms. The van der Waals surface area contributed by atoms with Crippen molar-refractivity contribution in [3.8, 4) is 0 Å². The number of rotatable bonds is 2. The molecule has 0 aliphatic heterocycles. The third kappa shape index (κ3) is 2.25. The lowest BCUT2D eigenvalue weighted by Gasteiger charge is -2.04. The number of H-pyrrole nitrogens is 1. The predicted molar refractivity (Wildman–Crippen MR) is 50.7 cm³/mol. The number of halogens is 3. The number of hydrogen-bond acceptors (Lipinski definition) is 2. The second kappa shape index (κ2) is 4.14. The Labute approximate surface area is 85.9 Å². The van der Waals surface area contributed by atoms with Gasteiger partial charge in [0.15, 0.2) is 0 Å². The van der Waals surface area contributed by atoms with E-state index in [0.29, 0.717) is 0 Å². The lowest BCUT2D eigenvalue weighted by atomic mass is 10.2. The van der Waals surface area contributed by atoms with E-state index in [4.69, 9.17) is 5.11 Å². The zero-order valence-corrected chi connectivity index (χ0v) is 8.51. The van der Waals surface area contributed by atoms with Crippen molar-refractivity contribution in [2.24, 2.45) is 0 Å². The summed E-state index contributed by atoms with van der Waals surface area (Å²) in [6.07, 6.45) is -2.64. The normalized spacial score (nSPS) is 10.8. The maximum atomic E-state index is 12.3. The Bertz CT molecular complexity index is 364. The van der Waals surface area contributed by atoms with Crippen LogP contribution < -0.4 is 5.56 Å². The molecule has 0 bridgehead atoms. The molecule has 2 N–H and O–H groups in total. The van der Waals surface area contributed by atoms with Crippen LogP contribution in [0.25, 0.3) is 0 Å². The van der Waals surface area contributed by atoms with Crippen LogP contribution in [0.3, 0.4) is 0 Å². The van der Waals surface area contributed by atoms with E-state index in [1.165, 1.54) is 0 Å². The lowest BCUT2D eigenvalue weighted by Crippen LogP contribution is -2.15. The van der Waals surface area contributed by atoms with Crippen LogP contribution in [0.15, 0.2) is 10.9 Å². The molecule has 0 aliphatic carbocycles. The molecule has 13 heavy (non-hydrogen) atoms. The highest BCUT2D eigenvalue weighted by Gasteiger charge is 2.14. The molecule has 0 aromatic carbocycles. The van der Waals surface area contributed by atoms with Gasteiger partial charge in [-0.2, -0.15) is 0 Å². The van der Waals surface area contributed by atoms with Gasteiger partial charge in [0, 0.05) is 11.1 Å². The van der Waals surface area contributed by atoms with Crippen LogP contribution in [0.1, 0.15) is 17.6 Å². The molecule has 0 saturated carbocycles. The minimum atomic E-state index is -2.64. The van der Waals surface area contributed by atoms with Crippen molar-refractivity contribution in [3.63, 3.8) is 0 Å². The molecule has 0 saturated heterocycles. The van der Waals surface area contributed by atoms with Gasteiger partial charge in [-0.05, 0) is 28.7 Å². The number of pyridine rings is 1. The minimum absolute atomic E-state index is 0.0456. The maximum absolute atomic E-state index is 12.3. The van der Waals surface area contributed by atoms with E-state index < -0.39 is 18.6 Å². The van der Waals surface area contributed by atoms with E-state index in [-0.39, 0.29) is 14.8 Å². The summed E-state index contributed by atoms with van der Waals surface area (Å²) in [6.45, 7) is -0.536. The van der Waals surface area contributed by atoms with Gasteiger partial charge in [0.05, 0.1) is 10.3 Å². The fourth-order valence-electron chi connectivity index (χ4n) is 0.845. The second-order valence-corrected chi connectivity index (χ2v) is 3.43. The summed E-state index contributed by atoms with van der Waals surface area (Å²) in [5, 5.41) is 8.65. The van der Waals surface area contributed by atoms with E-state index in [1.807, 2.05) is 0 Å². The number of nitrogens with one attached hydrogen (secondary N) is 1. The second-order valence-electron chi connectivity index (χ2n) is 2.35. The Balaban J connectivity index is 3.31. The standard InChI is InChI=1S/C7H6F2INO2/c8-5(9)4-1-3(2-12)7(13)11-6(4)10/h1,5,12H,2H2,(H,11,13). The van der Waals surface area contributed by atoms with Gasteiger partial charge in [0.2, 0.25) is 0 Å². The van der Waals surface area contributed by atoms with E-state index >= 15 is 0 Å². The van der Waals surface area contributed by atoms with Crippen molar-refractivity contribution < 1.29 is 13.9 Å². The molecule has 0 radical (unpaired) electrons. The highest BCUT2D eigenvalue weighted by Crippen LogP contribution is 2.22. The van der Waals surface area contributed by atoms with Crippen LogP contribution in [-0.4, -0.2) is 10.1 Å².